The van der Waals surface area contributed by atoms with Gasteiger partial charge >= 0.3 is 0 Å². The summed E-state index contributed by atoms with van der Waals surface area (Å²) < 4.78 is 13.7. The van der Waals surface area contributed by atoms with Crippen LogP contribution >= 0.6 is 0 Å². The van der Waals surface area contributed by atoms with Crippen molar-refractivity contribution in [1.29, 1.82) is 0 Å². The Balaban J connectivity index is 1.30. The first-order chi connectivity index (χ1) is 12.4. The molecule has 6 nitrogen and oxygen atoms in total. The molecule has 4 rings (SSSR count). The fourth-order valence-corrected chi connectivity index (χ4v) is 3.24. The standard InChI is InChI=1S/C19H22N4O2/c1-2-6-18-16(4-1)5-3-7-19(18)25-11-9-22-8-10-24-17(12-22)13-23-15-20-14-21-23/h1-7,14-15,17H,8-13H2/t17-/m1/s1. The van der Waals surface area contributed by atoms with Crippen LogP contribution in [0.3, 0.4) is 0 Å². The van der Waals surface area contributed by atoms with Gasteiger partial charge in [-0.3, -0.25) is 9.58 Å². The van der Waals surface area contributed by atoms with Gasteiger partial charge in [0.1, 0.15) is 25.0 Å². The Morgan fingerprint density at radius 1 is 1.16 bits per heavy atom. The summed E-state index contributed by atoms with van der Waals surface area (Å²) in [5.74, 6) is 0.950. The molecule has 0 spiro atoms. The van der Waals surface area contributed by atoms with E-state index < -0.39 is 0 Å². The monoisotopic (exact) mass is 338 g/mol. The van der Waals surface area contributed by atoms with E-state index in [2.05, 4.69) is 39.2 Å². The predicted molar refractivity (Wildman–Crippen MR) is 95.6 cm³/mol. The number of benzene rings is 2. The van der Waals surface area contributed by atoms with E-state index >= 15 is 0 Å². The minimum Gasteiger partial charge on any atom is -0.492 e. The Kier molecular flexibility index (Phi) is 4.90. The molecule has 0 N–H and O–H groups in total. The average molecular weight is 338 g/mol. The highest BCUT2D eigenvalue weighted by molar-refractivity contribution is 5.88. The topological polar surface area (TPSA) is 52.4 Å². The first-order valence-electron chi connectivity index (χ1n) is 8.65. The molecule has 0 unspecified atom stereocenters. The number of hydrogen-bond acceptors (Lipinski definition) is 5. The quantitative estimate of drug-likeness (QED) is 0.690. The Morgan fingerprint density at radius 2 is 2.08 bits per heavy atom. The minimum absolute atomic E-state index is 0.146. The van der Waals surface area contributed by atoms with Crippen molar-refractivity contribution in [2.45, 2.75) is 12.6 Å². The molecule has 1 aromatic heterocycles. The zero-order valence-corrected chi connectivity index (χ0v) is 14.1. The first-order valence-corrected chi connectivity index (χ1v) is 8.65. The number of rotatable bonds is 6. The van der Waals surface area contributed by atoms with Crippen molar-refractivity contribution >= 4 is 10.8 Å². The predicted octanol–water partition coefficient (Wildman–Crippen LogP) is 2.21. The van der Waals surface area contributed by atoms with E-state index in [1.165, 1.54) is 5.39 Å². The normalized spacial score (nSPS) is 18.5. The molecular weight excluding hydrogens is 316 g/mol. The molecule has 0 aliphatic carbocycles. The van der Waals surface area contributed by atoms with Crippen LogP contribution in [0.25, 0.3) is 10.8 Å². The number of aromatic nitrogens is 3. The smallest absolute Gasteiger partial charge is 0.137 e. The van der Waals surface area contributed by atoms with Gasteiger partial charge < -0.3 is 9.47 Å². The van der Waals surface area contributed by atoms with Crippen molar-refractivity contribution in [3.05, 3.63) is 55.1 Å². The maximum Gasteiger partial charge on any atom is 0.137 e. The molecule has 1 fully saturated rings. The van der Waals surface area contributed by atoms with Crippen molar-refractivity contribution in [1.82, 2.24) is 19.7 Å². The van der Waals surface area contributed by atoms with Gasteiger partial charge in [-0.15, -0.1) is 0 Å². The molecule has 6 heteroatoms. The summed E-state index contributed by atoms with van der Waals surface area (Å²) in [6, 6.07) is 14.5. The molecule has 3 aromatic rings. The Hall–Kier alpha value is -2.44. The second kappa shape index (κ2) is 7.63. The van der Waals surface area contributed by atoms with Crippen LogP contribution in [0.1, 0.15) is 0 Å². The minimum atomic E-state index is 0.146. The highest BCUT2D eigenvalue weighted by atomic mass is 16.5. The molecule has 0 bridgehead atoms. The zero-order chi connectivity index (χ0) is 16.9. The lowest BCUT2D eigenvalue weighted by Crippen LogP contribution is -2.45. The largest absolute Gasteiger partial charge is 0.492 e. The number of ether oxygens (including phenoxy) is 2. The fourth-order valence-electron chi connectivity index (χ4n) is 3.24. The van der Waals surface area contributed by atoms with E-state index in [1.54, 1.807) is 12.7 Å². The van der Waals surface area contributed by atoms with Crippen LogP contribution in [-0.2, 0) is 11.3 Å². The molecule has 0 saturated carbocycles. The van der Waals surface area contributed by atoms with Crippen LogP contribution in [0.5, 0.6) is 5.75 Å². The lowest BCUT2D eigenvalue weighted by atomic mass is 10.1. The van der Waals surface area contributed by atoms with Crippen LogP contribution in [0.15, 0.2) is 55.1 Å². The molecule has 1 aliphatic rings. The fraction of sp³-hybridized carbons (Fsp3) is 0.368. The third-order valence-corrected chi connectivity index (χ3v) is 4.49. The third-order valence-electron chi connectivity index (χ3n) is 4.49. The van der Waals surface area contributed by atoms with Crippen LogP contribution in [0.4, 0.5) is 0 Å². The van der Waals surface area contributed by atoms with E-state index in [1.807, 2.05) is 22.9 Å². The van der Waals surface area contributed by atoms with Gasteiger partial charge in [0, 0.05) is 25.0 Å². The van der Waals surface area contributed by atoms with Crippen molar-refractivity contribution < 1.29 is 9.47 Å². The van der Waals surface area contributed by atoms with E-state index in [-0.39, 0.29) is 6.10 Å². The summed E-state index contributed by atoms with van der Waals surface area (Å²) in [4.78, 5) is 6.36. The van der Waals surface area contributed by atoms with Gasteiger partial charge in [0.2, 0.25) is 0 Å². The van der Waals surface area contributed by atoms with Crippen LogP contribution < -0.4 is 4.74 Å². The molecule has 1 atom stereocenters. The highest BCUT2D eigenvalue weighted by Gasteiger charge is 2.21. The highest BCUT2D eigenvalue weighted by Crippen LogP contribution is 2.25. The van der Waals surface area contributed by atoms with Crippen LogP contribution in [0, 0.1) is 0 Å². The summed E-state index contributed by atoms with van der Waals surface area (Å²) in [5.41, 5.74) is 0. The molecule has 2 heterocycles. The lowest BCUT2D eigenvalue weighted by molar-refractivity contribution is -0.0400. The SMILES string of the molecule is c1ccc2c(OCCN3CCO[C@@H](Cn4cncn4)C3)cccc2c1. The number of morpholine rings is 1. The second-order valence-electron chi connectivity index (χ2n) is 6.24. The lowest BCUT2D eigenvalue weighted by Gasteiger charge is -2.32. The Bertz CT molecular complexity index is 801. The van der Waals surface area contributed by atoms with Crippen molar-refractivity contribution in [2.75, 3.05) is 32.8 Å². The molecular formula is C19H22N4O2. The molecule has 1 aliphatic heterocycles. The van der Waals surface area contributed by atoms with Gasteiger partial charge in [0.15, 0.2) is 0 Å². The Labute approximate surface area is 147 Å². The van der Waals surface area contributed by atoms with Crippen LogP contribution in [0.2, 0.25) is 0 Å². The van der Waals surface area contributed by atoms with E-state index in [0.29, 0.717) is 6.61 Å². The van der Waals surface area contributed by atoms with Gasteiger partial charge in [0.05, 0.1) is 19.3 Å². The van der Waals surface area contributed by atoms with E-state index in [9.17, 15) is 0 Å². The van der Waals surface area contributed by atoms with Crippen molar-refractivity contribution in [3.8, 4) is 5.75 Å². The van der Waals surface area contributed by atoms with E-state index in [4.69, 9.17) is 9.47 Å². The summed E-state index contributed by atoms with van der Waals surface area (Å²) in [7, 11) is 0. The molecule has 25 heavy (non-hydrogen) atoms. The summed E-state index contributed by atoms with van der Waals surface area (Å²) >= 11 is 0. The van der Waals surface area contributed by atoms with Crippen molar-refractivity contribution in [3.63, 3.8) is 0 Å². The summed E-state index contributed by atoms with van der Waals surface area (Å²) in [6.07, 6.45) is 3.43. The van der Waals surface area contributed by atoms with Crippen molar-refractivity contribution in [2.24, 2.45) is 0 Å². The van der Waals surface area contributed by atoms with E-state index in [0.717, 1.165) is 43.9 Å². The average Bonchev–Trinajstić information content (AvgIpc) is 3.15. The second-order valence-corrected chi connectivity index (χ2v) is 6.24. The van der Waals surface area contributed by atoms with Gasteiger partial charge in [-0.2, -0.15) is 5.10 Å². The maximum atomic E-state index is 6.05. The molecule has 0 amide bonds. The number of hydrogen-bond donors (Lipinski definition) is 0. The molecule has 130 valence electrons. The molecule has 1 saturated heterocycles. The summed E-state index contributed by atoms with van der Waals surface area (Å²) in [6.45, 7) is 4.87. The van der Waals surface area contributed by atoms with Gasteiger partial charge in [-0.1, -0.05) is 36.4 Å². The van der Waals surface area contributed by atoms with Gasteiger partial charge in [-0.25, -0.2) is 4.98 Å². The Morgan fingerprint density at radius 3 is 3.00 bits per heavy atom. The molecule has 0 radical (unpaired) electrons. The van der Waals surface area contributed by atoms with Crippen LogP contribution in [-0.4, -0.2) is 58.6 Å². The maximum absolute atomic E-state index is 6.05. The third kappa shape index (κ3) is 3.97. The zero-order valence-electron chi connectivity index (χ0n) is 14.1. The summed E-state index contributed by atoms with van der Waals surface area (Å²) in [5, 5.41) is 6.52. The molecule has 2 aromatic carbocycles. The first kappa shape index (κ1) is 16.1. The number of fused-ring (bicyclic) bond motifs is 1. The van der Waals surface area contributed by atoms with Gasteiger partial charge in [0.25, 0.3) is 0 Å². The number of nitrogens with zero attached hydrogens (tertiary/aromatic N) is 4. The van der Waals surface area contributed by atoms with Gasteiger partial charge in [-0.05, 0) is 11.5 Å².